The number of hydrogen-bond donors (Lipinski definition) is 1. The minimum Gasteiger partial charge on any atom is -0.481 e. The van der Waals surface area contributed by atoms with Crippen LogP contribution in [0.3, 0.4) is 0 Å². The summed E-state index contributed by atoms with van der Waals surface area (Å²) in [6.07, 6.45) is 0. The lowest BCUT2D eigenvalue weighted by atomic mass is 9.97. The standard InChI is InChI=1S/C10H17N3O2S/c1-6(2)7(3)9-11-12-10(13(9)4)16-5-8(14)15/h6-7H,5H2,1-4H3,(H,14,15). The zero-order valence-electron chi connectivity index (χ0n) is 9.97. The van der Waals surface area contributed by atoms with Crippen LogP contribution < -0.4 is 0 Å². The molecule has 0 aromatic carbocycles. The zero-order chi connectivity index (χ0) is 12.3. The monoisotopic (exact) mass is 243 g/mol. The highest BCUT2D eigenvalue weighted by molar-refractivity contribution is 7.99. The molecule has 0 saturated carbocycles. The first kappa shape index (κ1) is 13.0. The molecule has 90 valence electrons. The number of carbonyl (C=O) groups is 1. The largest absolute Gasteiger partial charge is 0.481 e. The number of rotatable bonds is 5. The van der Waals surface area contributed by atoms with Crippen molar-refractivity contribution in [3.05, 3.63) is 5.82 Å². The van der Waals surface area contributed by atoms with Crippen molar-refractivity contribution in [1.82, 2.24) is 14.8 Å². The maximum absolute atomic E-state index is 10.5. The summed E-state index contributed by atoms with van der Waals surface area (Å²) in [6, 6.07) is 0. The van der Waals surface area contributed by atoms with Crippen LogP contribution in [0.5, 0.6) is 0 Å². The van der Waals surface area contributed by atoms with Gasteiger partial charge in [-0.05, 0) is 5.92 Å². The fourth-order valence-corrected chi connectivity index (χ4v) is 1.91. The second-order valence-corrected chi connectivity index (χ2v) is 5.06. The van der Waals surface area contributed by atoms with Gasteiger partial charge in [0.1, 0.15) is 5.82 Å². The molecule has 5 nitrogen and oxygen atoms in total. The Bertz CT molecular complexity index is 376. The molecular formula is C10H17N3O2S. The molecule has 0 radical (unpaired) electrons. The van der Waals surface area contributed by atoms with Gasteiger partial charge in [-0.25, -0.2) is 0 Å². The van der Waals surface area contributed by atoms with E-state index in [1.807, 2.05) is 11.6 Å². The smallest absolute Gasteiger partial charge is 0.313 e. The molecule has 1 atom stereocenters. The highest BCUT2D eigenvalue weighted by atomic mass is 32.2. The molecule has 1 heterocycles. The Morgan fingerprint density at radius 2 is 2.06 bits per heavy atom. The zero-order valence-corrected chi connectivity index (χ0v) is 10.8. The van der Waals surface area contributed by atoms with Gasteiger partial charge in [0.25, 0.3) is 0 Å². The fraction of sp³-hybridized carbons (Fsp3) is 0.700. The molecule has 0 spiro atoms. The molecule has 6 heteroatoms. The van der Waals surface area contributed by atoms with Gasteiger partial charge >= 0.3 is 5.97 Å². The predicted molar refractivity (Wildman–Crippen MR) is 62.6 cm³/mol. The minimum atomic E-state index is -0.841. The third-order valence-corrected chi connectivity index (χ3v) is 3.61. The van der Waals surface area contributed by atoms with Crippen LogP contribution in [0.2, 0.25) is 0 Å². The van der Waals surface area contributed by atoms with Gasteiger partial charge in [0.05, 0.1) is 5.75 Å². The first-order chi connectivity index (χ1) is 7.43. The van der Waals surface area contributed by atoms with Crippen LogP contribution in [-0.4, -0.2) is 31.6 Å². The van der Waals surface area contributed by atoms with Gasteiger partial charge in [0.15, 0.2) is 5.16 Å². The van der Waals surface area contributed by atoms with Crippen LogP contribution in [0.25, 0.3) is 0 Å². The Kier molecular flexibility index (Phi) is 4.35. The normalized spacial score (nSPS) is 13.1. The van der Waals surface area contributed by atoms with Crippen molar-refractivity contribution in [2.75, 3.05) is 5.75 Å². The summed E-state index contributed by atoms with van der Waals surface area (Å²) in [6.45, 7) is 6.35. The van der Waals surface area contributed by atoms with Gasteiger partial charge in [-0.1, -0.05) is 32.5 Å². The summed E-state index contributed by atoms with van der Waals surface area (Å²) in [4.78, 5) is 10.5. The first-order valence-corrected chi connectivity index (χ1v) is 6.16. The second kappa shape index (κ2) is 5.34. The number of carboxylic acid groups (broad SMARTS) is 1. The molecule has 0 fully saturated rings. The molecule has 0 aliphatic heterocycles. The highest BCUT2D eigenvalue weighted by Crippen LogP contribution is 2.24. The number of aromatic nitrogens is 3. The number of hydrogen-bond acceptors (Lipinski definition) is 4. The summed E-state index contributed by atoms with van der Waals surface area (Å²) in [7, 11) is 1.87. The fourth-order valence-electron chi connectivity index (χ4n) is 1.27. The molecule has 1 aromatic rings. The average molecular weight is 243 g/mol. The molecule has 1 N–H and O–H groups in total. The maximum atomic E-state index is 10.5. The molecular weight excluding hydrogens is 226 g/mol. The van der Waals surface area contributed by atoms with Crippen molar-refractivity contribution in [3.8, 4) is 0 Å². The maximum Gasteiger partial charge on any atom is 0.313 e. The van der Waals surface area contributed by atoms with E-state index in [1.165, 1.54) is 11.8 Å². The van der Waals surface area contributed by atoms with Crippen molar-refractivity contribution in [3.63, 3.8) is 0 Å². The Morgan fingerprint density at radius 1 is 1.44 bits per heavy atom. The predicted octanol–water partition coefficient (Wildman–Crippen LogP) is 1.75. The minimum absolute atomic E-state index is 0.0159. The van der Waals surface area contributed by atoms with Crippen molar-refractivity contribution >= 4 is 17.7 Å². The Balaban J connectivity index is 2.80. The van der Waals surface area contributed by atoms with Gasteiger partial charge in [-0.2, -0.15) is 0 Å². The topological polar surface area (TPSA) is 68.0 Å². The average Bonchev–Trinajstić information content (AvgIpc) is 2.55. The van der Waals surface area contributed by atoms with Gasteiger partial charge < -0.3 is 9.67 Å². The van der Waals surface area contributed by atoms with E-state index < -0.39 is 5.97 Å². The van der Waals surface area contributed by atoms with Gasteiger partial charge in [-0.3, -0.25) is 4.79 Å². The highest BCUT2D eigenvalue weighted by Gasteiger charge is 2.18. The number of thioether (sulfide) groups is 1. The third-order valence-electron chi connectivity index (χ3n) is 2.60. The lowest BCUT2D eigenvalue weighted by molar-refractivity contribution is -0.133. The molecule has 0 bridgehead atoms. The molecule has 1 aromatic heterocycles. The van der Waals surface area contributed by atoms with Gasteiger partial charge in [0, 0.05) is 13.0 Å². The van der Waals surface area contributed by atoms with E-state index in [2.05, 4.69) is 31.0 Å². The third kappa shape index (κ3) is 2.98. The van der Waals surface area contributed by atoms with Crippen LogP contribution in [-0.2, 0) is 11.8 Å². The molecule has 1 rings (SSSR count). The van der Waals surface area contributed by atoms with E-state index in [1.54, 1.807) is 0 Å². The van der Waals surface area contributed by atoms with Gasteiger partial charge in [0.2, 0.25) is 0 Å². The van der Waals surface area contributed by atoms with E-state index in [4.69, 9.17) is 5.11 Å². The number of aliphatic carboxylic acids is 1. The second-order valence-electron chi connectivity index (χ2n) is 4.11. The molecule has 0 amide bonds. The van der Waals surface area contributed by atoms with Gasteiger partial charge in [-0.15, -0.1) is 10.2 Å². The Morgan fingerprint density at radius 3 is 2.56 bits per heavy atom. The summed E-state index contributed by atoms with van der Waals surface area (Å²) in [5, 5.41) is 17.4. The van der Waals surface area contributed by atoms with Crippen molar-refractivity contribution in [2.24, 2.45) is 13.0 Å². The van der Waals surface area contributed by atoms with Crippen molar-refractivity contribution in [2.45, 2.75) is 31.8 Å². The molecule has 0 aliphatic carbocycles. The van der Waals surface area contributed by atoms with E-state index in [-0.39, 0.29) is 5.75 Å². The molecule has 16 heavy (non-hydrogen) atoms. The van der Waals surface area contributed by atoms with E-state index in [0.29, 0.717) is 17.0 Å². The van der Waals surface area contributed by atoms with Crippen LogP contribution in [0, 0.1) is 5.92 Å². The van der Waals surface area contributed by atoms with Crippen molar-refractivity contribution < 1.29 is 9.90 Å². The number of carboxylic acids is 1. The Labute approximate surface area is 99.3 Å². The van der Waals surface area contributed by atoms with E-state index in [9.17, 15) is 4.79 Å². The summed E-state index contributed by atoms with van der Waals surface area (Å²) in [5.41, 5.74) is 0. The summed E-state index contributed by atoms with van der Waals surface area (Å²) in [5.74, 6) is 0.883. The summed E-state index contributed by atoms with van der Waals surface area (Å²) >= 11 is 1.19. The Hall–Kier alpha value is -1.04. The van der Waals surface area contributed by atoms with Crippen LogP contribution in [0.4, 0.5) is 0 Å². The van der Waals surface area contributed by atoms with E-state index >= 15 is 0 Å². The lowest BCUT2D eigenvalue weighted by Crippen LogP contribution is -2.09. The lowest BCUT2D eigenvalue weighted by Gasteiger charge is -2.14. The van der Waals surface area contributed by atoms with Crippen LogP contribution in [0.1, 0.15) is 32.5 Å². The van der Waals surface area contributed by atoms with Crippen LogP contribution >= 0.6 is 11.8 Å². The molecule has 0 saturated heterocycles. The van der Waals surface area contributed by atoms with E-state index in [0.717, 1.165) is 5.82 Å². The quantitative estimate of drug-likeness (QED) is 0.798. The van der Waals surface area contributed by atoms with Crippen LogP contribution in [0.15, 0.2) is 5.16 Å². The number of nitrogens with zero attached hydrogens (tertiary/aromatic N) is 3. The first-order valence-electron chi connectivity index (χ1n) is 5.17. The van der Waals surface area contributed by atoms with Crippen molar-refractivity contribution in [1.29, 1.82) is 0 Å². The molecule has 0 aliphatic rings. The summed E-state index contributed by atoms with van der Waals surface area (Å²) < 4.78 is 1.87. The molecule has 1 unspecified atom stereocenters. The SMILES string of the molecule is CC(C)C(C)c1nnc(SCC(=O)O)n1C.